The molecule has 0 radical (unpaired) electrons. The van der Waals surface area contributed by atoms with Crippen molar-refractivity contribution in [3.05, 3.63) is 23.8 Å². The molecule has 18 heavy (non-hydrogen) atoms. The van der Waals surface area contributed by atoms with E-state index in [2.05, 4.69) is 9.97 Å². The monoisotopic (exact) mass is 272 g/mol. The molecule has 2 rings (SSSR count). The van der Waals surface area contributed by atoms with E-state index in [1.807, 2.05) is 6.92 Å². The predicted molar refractivity (Wildman–Crippen MR) is 64.2 cm³/mol. The van der Waals surface area contributed by atoms with E-state index >= 15 is 0 Å². The Balaban J connectivity index is 2.05. The molecular formula is C11H16N2O4S. The van der Waals surface area contributed by atoms with Crippen LogP contribution in [0.15, 0.2) is 12.3 Å². The molecule has 2 heterocycles. The number of hydrogen-bond donors (Lipinski definition) is 0. The van der Waals surface area contributed by atoms with Crippen LogP contribution in [0.25, 0.3) is 0 Å². The quantitative estimate of drug-likeness (QED) is 0.766. The van der Waals surface area contributed by atoms with Crippen LogP contribution < -0.4 is 0 Å². The third kappa shape index (κ3) is 3.72. The maximum Gasteiger partial charge on any atom is 0.264 e. The highest BCUT2D eigenvalue weighted by atomic mass is 32.2. The molecule has 1 aromatic rings. The summed E-state index contributed by atoms with van der Waals surface area (Å²) in [5, 5.41) is 0. The lowest BCUT2D eigenvalue weighted by Crippen LogP contribution is -2.09. The van der Waals surface area contributed by atoms with Gasteiger partial charge in [-0.3, -0.25) is 4.18 Å². The molecule has 1 aliphatic heterocycles. The average molecular weight is 272 g/mol. The van der Waals surface area contributed by atoms with Gasteiger partial charge < -0.3 is 4.74 Å². The number of rotatable bonds is 4. The van der Waals surface area contributed by atoms with Gasteiger partial charge >= 0.3 is 0 Å². The number of ether oxygens (including phenoxy) is 1. The van der Waals surface area contributed by atoms with Crippen molar-refractivity contribution in [2.24, 2.45) is 0 Å². The van der Waals surface area contributed by atoms with E-state index in [-0.39, 0.29) is 18.8 Å². The fourth-order valence-corrected chi connectivity index (χ4v) is 2.14. The summed E-state index contributed by atoms with van der Waals surface area (Å²) in [4.78, 5) is 8.43. The Labute approximate surface area is 106 Å². The second-order valence-corrected chi connectivity index (χ2v) is 6.03. The van der Waals surface area contributed by atoms with Crippen LogP contribution in [-0.2, 0) is 25.6 Å². The molecule has 100 valence electrons. The van der Waals surface area contributed by atoms with Gasteiger partial charge in [0, 0.05) is 6.20 Å². The molecule has 0 N–H and O–H groups in total. The lowest BCUT2D eigenvalue weighted by molar-refractivity contribution is 0.0500. The first kappa shape index (κ1) is 13.4. The Bertz CT molecular complexity index is 518. The summed E-state index contributed by atoms with van der Waals surface area (Å²) < 4.78 is 32.2. The summed E-state index contributed by atoms with van der Waals surface area (Å²) >= 11 is 0. The van der Waals surface area contributed by atoms with Gasteiger partial charge in [0.2, 0.25) is 0 Å². The molecule has 7 heteroatoms. The standard InChI is InChI=1S/C11H16N2O4S/c1-8-3-4-10(17-8)11-12-6-5-9(13-11)7-16-18(2,14)15/h5-6,8,10H,3-4,7H2,1-2H3/t8-,10+/m0/s1. The van der Waals surface area contributed by atoms with E-state index in [0.717, 1.165) is 19.1 Å². The van der Waals surface area contributed by atoms with Gasteiger partial charge in [-0.2, -0.15) is 8.42 Å². The summed E-state index contributed by atoms with van der Waals surface area (Å²) in [6, 6.07) is 1.63. The van der Waals surface area contributed by atoms with Crippen molar-refractivity contribution >= 4 is 10.1 Å². The van der Waals surface area contributed by atoms with E-state index in [4.69, 9.17) is 8.92 Å². The largest absolute Gasteiger partial charge is 0.367 e. The predicted octanol–water partition coefficient (Wildman–Crippen LogP) is 1.19. The molecule has 1 aromatic heterocycles. The molecule has 0 bridgehead atoms. The molecule has 2 atom stereocenters. The smallest absolute Gasteiger partial charge is 0.264 e. The third-order valence-electron chi connectivity index (χ3n) is 2.67. The maximum absolute atomic E-state index is 10.9. The lowest BCUT2D eigenvalue weighted by atomic mass is 10.2. The molecule has 0 saturated carbocycles. The fourth-order valence-electron chi connectivity index (χ4n) is 1.81. The van der Waals surface area contributed by atoms with Crippen LogP contribution in [0.3, 0.4) is 0 Å². The summed E-state index contributed by atoms with van der Waals surface area (Å²) in [6.07, 6.45) is 4.59. The van der Waals surface area contributed by atoms with Gasteiger partial charge in [-0.15, -0.1) is 0 Å². The highest BCUT2D eigenvalue weighted by Gasteiger charge is 2.25. The minimum Gasteiger partial charge on any atom is -0.367 e. The zero-order chi connectivity index (χ0) is 13.2. The van der Waals surface area contributed by atoms with E-state index < -0.39 is 10.1 Å². The Kier molecular flexibility index (Phi) is 3.94. The first-order chi connectivity index (χ1) is 8.44. The van der Waals surface area contributed by atoms with E-state index in [1.165, 1.54) is 0 Å². The van der Waals surface area contributed by atoms with Crippen molar-refractivity contribution in [2.75, 3.05) is 6.26 Å². The van der Waals surface area contributed by atoms with Gasteiger partial charge in [0.25, 0.3) is 10.1 Å². The molecule has 0 aliphatic carbocycles. The van der Waals surface area contributed by atoms with E-state index in [9.17, 15) is 8.42 Å². The van der Waals surface area contributed by atoms with Gasteiger partial charge in [0.05, 0.1) is 18.1 Å². The highest BCUT2D eigenvalue weighted by Crippen LogP contribution is 2.30. The number of hydrogen-bond acceptors (Lipinski definition) is 6. The number of nitrogens with zero attached hydrogens (tertiary/aromatic N) is 2. The van der Waals surface area contributed by atoms with Crippen molar-refractivity contribution in [1.82, 2.24) is 9.97 Å². The van der Waals surface area contributed by atoms with E-state index in [0.29, 0.717) is 11.5 Å². The molecular weight excluding hydrogens is 256 g/mol. The molecule has 0 unspecified atom stereocenters. The van der Waals surface area contributed by atoms with Gasteiger partial charge in [-0.25, -0.2) is 9.97 Å². The SMILES string of the molecule is C[C@H]1CC[C@H](c2nccc(COS(C)(=O)=O)n2)O1. The normalized spacial score (nSPS) is 24.3. The molecule has 6 nitrogen and oxygen atoms in total. The van der Waals surface area contributed by atoms with Crippen molar-refractivity contribution in [2.45, 2.75) is 38.6 Å². The minimum absolute atomic E-state index is 0.0728. The second kappa shape index (κ2) is 5.29. The van der Waals surface area contributed by atoms with Crippen molar-refractivity contribution in [3.63, 3.8) is 0 Å². The van der Waals surface area contributed by atoms with Crippen LogP contribution in [0.5, 0.6) is 0 Å². The molecule has 1 fully saturated rings. The van der Waals surface area contributed by atoms with Crippen LogP contribution in [0.2, 0.25) is 0 Å². The van der Waals surface area contributed by atoms with Crippen LogP contribution in [-0.4, -0.2) is 30.7 Å². The Morgan fingerprint density at radius 1 is 1.50 bits per heavy atom. The molecule has 1 aliphatic rings. The van der Waals surface area contributed by atoms with E-state index in [1.54, 1.807) is 12.3 Å². The first-order valence-corrected chi connectivity index (χ1v) is 7.57. The Hall–Kier alpha value is -1.05. The first-order valence-electron chi connectivity index (χ1n) is 5.76. The molecule has 1 saturated heterocycles. The highest BCUT2D eigenvalue weighted by molar-refractivity contribution is 7.85. The van der Waals surface area contributed by atoms with Gasteiger partial charge in [0.1, 0.15) is 12.7 Å². The third-order valence-corrected chi connectivity index (χ3v) is 3.22. The minimum atomic E-state index is -3.45. The average Bonchev–Trinajstić information content (AvgIpc) is 2.73. The summed E-state index contributed by atoms with van der Waals surface area (Å²) in [7, 11) is -3.45. The topological polar surface area (TPSA) is 78.4 Å². The molecule has 0 aromatic carbocycles. The summed E-state index contributed by atoms with van der Waals surface area (Å²) in [5.74, 6) is 0.592. The van der Waals surface area contributed by atoms with Crippen LogP contribution in [0.1, 0.15) is 37.4 Å². The summed E-state index contributed by atoms with van der Waals surface area (Å²) in [6.45, 7) is 1.94. The van der Waals surface area contributed by atoms with Crippen LogP contribution in [0, 0.1) is 0 Å². The van der Waals surface area contributed by atoms with Gasteiger partial charge in [-0.05, 0) is 25.8 Å². The Morgan fingerprint density at radius 2 is 2.28 bits per heavy atom. The van der Waals surface area contributed by atoms with Gasteiger partial charge in [-0.1, -0.05) is 0 Å². The number of aromatic nitrogens is 2. The zero-order valence-electron chi connectivity index (χ0n) is 10.4. The summed E-state index contributed by atoms with van der Waals surface area (Å²) in [5.41, 5.74) is 0.536. The Morgan fingerprint density at radius 3 is 2.89 bits per heavy atom. The fraction of sp³-hybridized carbons (Fsp3) is 0.636. The van der Waals surface area contributed by atoms with Crippen molar-refractivity contribution < 1.29 is 17.3 Å². The van der Waals surface area contributed by atoms with Crippen LogP contribution >= 0.6 is 0 Å². The molecule has 0 spiro atoms. The van der Waals surface area contributed by atoms with Crippen molar-refractivity contribution in [1.29, 1.82) is 0 Å². The lowest BCUT2D eigenvalue weighted by Gasteiger charge is -2.10. The van der Waals surface area contributed by atoms with Crippen molar-refractivity contribution in [3.8, 4) is 0 Å². The maximum atomic E-state index is 10.9. The van der Waals surface area contributed by atoms with Crippen LogP contribution in [0.4, 0.5) is 0 Å². The zero-order valence-corrected chi connectivity index (χ0v) is 11.2. The second-order valence-electron chi connectivity index (χ2n) is 4.39. The molecule has 0 amide bonds. The van der Waals surface area contributed by atoms with Gasteiger partial charge in [0.15, 0.2) is 5.82 Å².